The Bertz CT molecular complexity index is 898. The van der Waals surface area contributed by atoms with Gasteiger partial charge in [-0.25, -0.2) is 0 Å². The second-order valence-electron chi connectivity index (χ2n) is 6.95. The van der Waals surface area contributed by atoms with Crippen molar-refractivity contribution < 1.29 is 9.32 Å². The molecule has 5 nitrogen and oxygen atoms in total. The van der Waals surface area contributed by atoms with Crippen LogP contribution in [-0.2, 0) is 11.2 Å². The topological polar surface area (TPSA) is 59.2 Å². The van der Waals surface area contributed by atoms with E-state index >= 15 is 0 Å². The average Bonchev–Trinajstić information content (AvgIpc) is 3.26. The lowest BCUT2D eigenvalue weighted by molar-refractivity contribution is -0.135. The quantitative estimate of drug-likeness (QED) is 0.573. The molecule has 1 aliphatic rings. The molecule has 1 aromatic carbocycles. The summed E-state index contributed by atoms with van der Waals surface area (Å²) in [4.78, 5) is 20.1. The number of nitrogens with zero attached hydrogens (tertiary/aromatic N) is 3. The molecule has 0 N–H and O–H groups in total. The SMILES string of the molecule is CC(C)Sc1ccc(CC(=O)N2CC(c3nc(-c4ccsc4)no3)C2)cc1. The number of thiophene rings is 1. The van der Waals surface area contributed by atoms with Gasteiger partial charge in [0.05, 0.1) is 12.3 Å². The first-order valence-corrected chi connectivity index (χ1v) is 10.8. The van der Waals surface area contributed by atoms with E-state index in [0.717, 1.165) is 11.1 Å². The summed E-state index contributed by atoms with van der Waals surface area (Å²) in [6, 6.07) is 10.3. The van der Waals surface area contributed by atoms with Crippen LogP contribution in [0.3, 0.4) is 0 Å². The molecule has 0 unspecified atom stereocenters. The van der Waals surface area contributed by atoms with Crippen molar-refractivity contribution in [2.24, 2.45) is 0 Å². The number of aromatic nitrogens is 2. The molecule has 0 bridgehead atoms. The minimum absolute atomic E-state index is 0.138. The summed E-state index contributed by atoms with van der Waals surface area (Å²) in [6.45, 7) is 5.64. The number of benzene rings is 1. The number of hydrogen-bond acceptors (Lipinski definition) is 6. The Morgan fingerprint density at radius 3 is 2.74 bits per heavy atom. The lowest BCUT2D eigenvalue weighted by Crippen LogP contribution is -2.49. The van der Waals surface area contributed by atoms with E-state index in [0.29, 0.717) is 36.5 Å². The summed E-state index contributed by atoms with van der Waals surface area (Å²) >= 11 is 3.43. The van der Waals surface area contributed by atoms with Gasteiger partial charge in [-0.3, -0.25) is 4.79 Å². The summed E-state index contributed by atoms with van der Waals surface area (Å²) in [7, 11) is 0. The van der Waals surface area contributed by atoms with Crippen LogP contribution in [0.15, 0.2) is 50.5 Å². The first-order chi connectivity index (χ1) is 13.1. The number of rotatable bonds is 6. The third-order valence-electron chi connectivity index (χ3n) is 4.46. The summed E-state index contributed by atoms with van der Waals surface area (Å²) < 4.78 is 5.39. The van der Waals surface area contributed by atoms with Crippen LogP contribution in [0.1, 0.15) is 31.2 Å². The molecule has 0 spiro atoms. The highest BCUT2D eigenvalue weighted by molar-refractivity contribution is 7.99. The lowest BCUT2D eigenvalue weighted by atomic mass is 9.99. The molecule has 1 fully saturated rings. The molecule has 7 heteroatoms. The lowest BCUT2D eigenvalue weighted by Gasteiger charge is -2.37. The van der Waals surface area contributed by atoms with Gasteiger partial charge in [0.1, 0.15) is 0 Å². The summed E-state index contributed by atoms with van der Waals surface area (Å²) in [5, 5.41) is 8.58. The van der Waals surface area contributed by atoms with Crippen molar-refractivity contribution in [2.75, 3.05) is 13.1 Å². The van der Waals surface area contributed by atoms with E-state index in [1.54, 1.807) is 11.3 Å². The van der Waals surface area contributed by atoms with Crippen molar-refractivity contribution in [3.8, 4) is 11.4 Å². The minimum atomic E-state index is 0.138. The molecule has 0 atom stereocenters. The Balaban J connectivity index is 1.30. The van der Waals surface area contributed by atoms with Gasteiger partial charge < -0.3 is 9.42 Å². The second kappa shape index (κ2) is 7.86. The highest BCUT2D eigenvalue weighted by Gasteiger charge is 2.35. The molecule has 0 radical (unpaired) electrons. The van der Waals surface area contributed by atoms with E-state index in [9.17, 15) is 4.79 Å². The van der Waals surface area contributed by atoms with E-state index in [2.05, 4.69) is 36.1 Å². The molecule has 3 heterocycles. The smallest absolute Gasteiger partial charge is 0.233 e. The van der Waals surface area contributed by atoms with Crippen molar-refractivity contribution in [1.82, 2.24) is 15.0 Å². The third kappa shape index (κ3) is 4.25. The van der Waals surface area contributed by atoms with Crippen LogP contribution in [0, 0.1) is 0 Å². The van der Waals surface area contributed by atoms with Crippen LogP contribution in [0.2, 0.25) is 0 Å². The minimum Gasteiger partial charge on any atom is -0.341 e. The van der Waals surface area contributed by atoms with Gasteiger partial charge in [0, 0.05) is 34.2 Å². The van der Waals surface area contributed by atoms with Gasteiger partial charge in [-0.2, -0.15) is 16.3 Å². The molecule has 27 heavy (non-hydrogen) atoms. The largest absolute Gasteiger partial charge is 0.341 e. The van der Waals surface area contributed by atoms with E-state index in [4.69, 9.17) is 4.52 Å². The van der Waals surface area contributed by atoms with E-state index in [1.165, 1.54) is 4.90 Å². The molecule has 1 amide bonds. The van der Waals surface area contributed by atoms with Crippen molar-refractivity contribution in [2.45, 2.75) is 36.3 Å². The molecule has 1 aliphatic heterocycles. The van der Waals surface area contributed by atoms with Crippen LogP contribution in [0.25, 0.3) is 11.4 Å². The summed E-state index contributed by atoms with van der Waals surface area (Å²) in [5.74, 6) is 1.53. The Labute approximate surface area is 166 Å². The first-order valence-electron chi connectivity index (χ1n) is 8.98. The van der Waals surface area contributed by atoms with Crippen LogP contribution < -0.4 is 0 Å². The Morgan fingerprint density at radius 1 is 1.30 bits per heavy atom. The molecule has 4 rings (SSSR count). The van der Waals surface area contributed by atoms with Crippen LogP contribution in [0.4, 0.5) is 0 Å². The molecule has 0 aliphatic carbocycles. The van der Waals surface area contributed by atoms with Crippen molar-refractivity contribution in [3.05, 3.63) is 52.5 Å². The monoisotopic (exact) mass is 399 g/mol. The Morgan fingerprint density at radius 2 is 2.07 bits per heavy atom. The highest BCUT2D eigenvalue weighted by atomic mass is 32.2. The van der Waals surface area contributed by atoms with Crippen LogP contribution >= 0.6 is 23.1 Å². The Hall–Kier alpha value is -2.12. The number of carbonyl (C=O) groups excluding carboxylic acids is 1. The van der Waals surface area contributed by atoms with Gasteiger partial charge >= 0.3 is 0 Å². The highest BCUT2D eigenvalue weighted by Crippen LogP contribution is 2.29. The predicted molar refractivity (Wildman–Crippen MR) is 108 cm³/mol. The van der Waals surface area contributed by atoms with E-state index < -0.39 is 0 Å². The summed E-state index contributed by atoms with van der Waals surface area (Å²) in [5.41, 5.74) is 2.02. The Kier molecular flexibility index (Phi) is 5.31. The number of thioether (sulfide) groups is 1. The fourth-order valence-electron chi connectivity index (χ4n) is 2.99. The zero-order valence-corrected chi connectivity index (χ0v) is 16.9. The third-order valence-corrected chi connectivity index (χ3v) is 6.15. The molecule has 3 aromatic rings. The van der Waals surface area contributed by atoms with Crippen molar-refractivity contribution in [1.29, 1.82) is 0 Å². The number of likely N-dealkylation sites (tertiary alicyclic amines) is 1. The predicted octanol–water partition coefficient (Wildman–Crippen LogP) is 4.47. The van der Waals surface area contributed by atoms with E-state index in [1.807, 2.05) is 45.6 Å². The van der Waals surface area contributed by atoms with Crippen molar-refractivity contribution >= 4 is 29.0 Å². The van der Waals surface area contributed by atoms with Gasteiger partial charge in [-0.15, -0.1) is 11.8 Å². The normalized spacial score (nSPS) is 14.6. The molecule has 140 valence electrons. The molecule has 1 saturated heterocycles. The fourth-order valence-corrected chi connectivity index (χ4v) is 4.46. The first kappa shape index (κ1) is 18.3. The van der Waals surface area contributed by atoms with Gasteiger partial charge in [-0.1, -0.05) is 31.1 Å². The van der Waals surface area contributed by atoms with Gasteiger partial charge in [0.15, 0.2) is 0 Å². The van der Waals surface area contributed by atoms with Gasteiger partial charge in [-0.05, 0) is 29.1 Å². The number of carbonyl (C=O) groups is 1. The van der Waals surface area contributed by atoms with E-state index in [-0.39, 0.29) is 11.8 Å². The maximum Gasteiger partial charge on any atom is 0.233 e. The zero-order chi connectivity index (χ0) is 18.8. The van der Waals surface area contributed by atoms with Crippen LogP contribution in [0.5, 0.6) is 0 Å². The van der Waals surface area contributed by atoms with Gasteiger partial charge in [0.2, 0.25) is 17.6 Å². The standard InChI is InChI=1S/C20H21N3O2S2/c1-13(2)27-17-5-3-14(4-6-17)9-18(24)23-10-16(11-23)20-21-19(22-25-20)15-7-8-26-12-15/h3-8,12-13,16H,9-11H2,1-2H3. The number of hydrogen-bond donors (Lipinski definition) is 0. The number of amides is 1. The summed E-state index contributed by atoms with van der Waals surface area (Å²) in [6.07, 6.45) is 0.434. The second-order valence-corrected chi connectivity index (χ2v) is 9.38. The maximum atomic E-state index is 12.5. The zero-order valence-electron chi connectivity index (χ0n) is 15.3. The van der Waals surface area contributed by atoms with Gasteiger partial charge in [0.25, 0.3) is 0 Å². The fraction of sp³-hybridized carbons (Fsp3) is 0.350. The average molecular weight is 400 g/mol. The molecular weight excluding hydrogens is 378 g/mol. The maximum absolute atomic E-state index is 12.5. The molecular formula is C20H21N3O2S2. The molecule has 2 aromatic heterocycles. The molecule has 0 saturated carbocycles. The van der Waals surface area contributed by atoms with Crippen molar-refractivity contribution in [3.63, 3.8) is 0 Å². The van der Waals surface area contributed by atoms with Crippen LogP contribution in [-0.4, -0.2) is 39.3 Å².